The van der Waals surface area contributed by atoms with Gasteiger partial charge in [0.2, 0.25) is 0 Å². The summed E-state index contributed by atoms with van der Waals surface area (Å²) in [6.45, 7) is 2.69. The highest BCUT2D eigenvalue weighted by Gasteiger charge is 2.14. The summed E-state index contributed by atoms with van der Waals surface area (Å²) in [5.41, 5.74) is 1.01. The van der Waals surface area contributed by atoms with Crippen LogP contribution >= 0.6 is 0 Å². The van der Waals surface area contributed by atoms with Crippen LogP contribution in [0.15, 0.2) is 12.3 Å². The first kappa shape index (κ1) is 8.72. The Morgan fingerprint density at radius 2 is 2.69 bits per heavy atom. The van der Waals surface area contributed by atoms with Gasteiger partial charge in [-0.15, -0.1) is 0 Å². The first-order valence-electron chi connectivity index (χ1n) is 4.65. The Bertz CT molecular complexity index is 266. The number of rotatable bonds is 3. The van der Waals surface area contributed by atoms with Crippen molar-refractivity contribution in [3.05, 3.63) is 18.0 Å². The summed E-state index contributed by atoms with van der Waals surface area (Å²) in [5, 5.41) is 7.51. The number of hydrogen-bond acceptors (Lipinski definition) is 3. The lowest BCUT2D eigenvalue weighted by atomic mass is 10.3. The maximum absolute atomic E-state index is 5.66. The number of nitrogens with zero attached hydrogens (tertiary/aromatic N) is 2. The summed E-state index contributed by atoms with van der Waals surface area (Å²) in [5.74, 6) is 0. The maximum Gasteiger partial charge on any atom is 0.0910 e. The van der Waals surface area contributed by atoms with Gasteiger partial charge in [0.05, 0.1) is 18.4 Å². The molecule has 13 heavy (non-hydrogen) atoms. The van der Waals surface area contributed by atoms with Gasteiger partial charge in [-0.25, -0.2) is 0 Å². The molecular weight excluding hydrogens is 166 g/mol. The standard InChI is InChI=1S/C9H15N3O/c1-12-5-3-8(11-12)7-13-9-2-4-10-6-9/h3,5,9-10H,2,4,6-7H2,1H3. The Kier molecular flexibility index (Phi) is 2.61. The molecule has 0 aromatic carbocycles. The van der Waals surface area contributed by atoms with Crippen molar-refractivity contribution in [3.63, 3.8) is 0 Å². The van der Waals surface area contributed by atoms with Crippen LogP contribution in [0.3, 0.4) is 0 Å². The Balaban J connectivity index is 1.78. The summed E-state index contributed by atoms with van der Waals surface area (Å²) >= 11 is 0. The number of hydrogen-bond donors (Lipinski definition) is 1. The van der Waals surface area contributed by atoms with E-state index in [1.807, 2.05) is 19.3 Å². The molecule has 1 fully saturated rings. The van der Waals surface area contributed by atoms with E-state index in [9.17, 15) is 0 Å². The van der Waals surface area contributed by atoms with Gasteiger partial charge in [0.1, 0.15) is 0 Å². The Hall–Kier alpha value is -0.870. The molecule has 1 atom stereocenters. The Labute approximate surface area is 77.9 Å². The summed E-state index contributed by atoms with van der Waals surface area (Å²) in [6, 6.07) is 1.99. The van der Waals surface area contributed by atoms with Gasteiger partial charge in [0, 0.05) is 19.8 Å². The molecule has 72 valence electrons. The molecule has 1 aliphatic heterocycles. The molecule has 0 radical (unpaired) electrons. The van der Waals surface area contributed by atoms with E-state index < -0.39 is 0 Å². The molecule has 0 spiro atoms. The van der Waals surface area contributed by atoms with Crippen molar-refractivity contribution in [1.82, 2.24) is 15.1 Å². The van der Waals surface area contributed by atoms with E-state index in [2.05, 4.69) is 10.4 Å². The van der Waals surface area contributed by atoms with Gasteiger partial charge < -0.3 is 10.1 Å². The van der Waals surface area contributed by atoms with Gasteiger partial charge >= 0.3 is 0 Å². The van der Waals surface area contributed by atoms with Crippen molar-refractivity contribution >= 4 is 0 Å². The predicted molar refractivity (Wildman–Crippen MR) is 49.3 cm³/mol. The molecule has 0 bridgehead atoms. The van der Waals surface area contributed by atoms with Crippen LogP contribution in [0.4, 0.5) is 0 Å². The van der Waals surface area contributed by atoms with Crippen LogP contribution in [0, 0.1) is 0 Å². The number of nitrogens with one attached hydrogen (secondary N) is 1. The van der Waals surface area contributed by atoms with Crippen LogP contribution in [-0.2, 0) is 18.4 Å². The van der Waals surface area contributed by atoms with E-state index in [1.165, 1.54) is 0 Å². The molecule has 1 N–H and O–H groups in total. The number of aromatic nitrogens is 2. The zero-order valence-corrected chi connectivity index (χ0v) is 7.86. The van der Waals surface area contributed by atoms with E-state index in [0.717, 1.165) is 25.2 Å². The van der Waals surface area contributed by atoms with Crippen molar-refractivity contribution < 1.29 is 4.74 Å². The molecule has 0 saturated carbocycles. The van der Waals surface area contributed by atoms with Gasteiger partial charge in [-0.05, 0) is 19.0 Å². The second-order valence-corrected chi connectivity index (χ2v) is 3.41. The average Bonchev–Trinajstić information content (AvgIpc) is 2.71. The first-order chi connectivity index (χ1) is 6.34. The third-order valence-corrected chi connectivity index (χ3v) is 2.25. The molecule has 1 aliphatic rings. The Morgan fingerprint density at radius 3 is 3.31 bits per heavy atom. The smallest absolute Gasteiger partial charge is 0.0910 e. The maximum atomic E-state index is 5.66. The fourth-order valence-electron chi connectivity index (χ4n) is 1.51. The highest BCUT2D eigenvalue weighted by atomic mass is 16.5. The van der Waals surface area contributed by atoms with Crippen LogP contribution in [0.25, 0.3) is 0 Å². The second-order valence-electron chi connectivity index (χ2n) is 3.41. The fourth-order valence-corrected chi connectivity index (χ4v) is 1.51. The van der Waals surface area contributed by atoms with Gasteiger partial charge in [0.15, 0.2) is 0 Å². The third kappa shape index (κ3) is 2.29. The minimum absolute atomic E-state index is 0.377. The van der Waals surface area contributed by atoms with Gasteiger partial charge in [-0.3, -0.25) is 4.68 Å². The molecule has 2 rings (SSSR count). The summed E-state index contributed by atoms with van der Waals surface area (Å²) in [6.07, 6.45) is 3.43. The van der Waals surface area contributed by atoms with Crippen molar-refractivity contribution in [3.8, 4) is 0 Å². The number of aryl methyl sites for hydroxylation is 1. The number of ether oxygens (including phenoxy) is 1. The average molecular weight is 181 g/mol. The highest BCUT2D eigenvalue weighted by molar-refractivity contribution is 4.96. The zero-order chi connectivity index (χ0) is 9.10. The quantitative estimate of drug-likeness (QED) is 0.729. The summed E-state index contributed by atoms with van der Waals surface area (Å²) in [7, 11) is 1.92. The summed E-state index contributed by atoms with van der Waals surface area (Å²) in [4.78, 5) is 0. The van der Waals surface area contributed by atoms with Gasteiger partial charge in [-0.2, -0.15) is 5.10 Å². The van der Waals surface area contributed by atoms with Crippen LogP contribution in [-0.4, -0.2) is 29.0 Å². The van der Waals surface area contributed by atoms with Crippen molar-refractivity contribution in [2.24, 2.45) is 7.05 Å². The monoisotopic (exact) mass is 181 g/mol. The predicted octanol–water partition coefficient (Wildman–Crippen LogP) is 0.299. The molecule has 4 heteroatoms. The molecule has 2 heterocycles. The zero-order valence-electron chi connectivity index (χ0n) is 7.86. The lowest BCUT2D eigenvalue weighted by Crippen LogP contribution is -2.16. The molecule has 4 nitrogen and oxygen atoms in total. The van der Waals surface area contributed by atoms with Crippen molar-refractivity contribution in [2.45, 2.75) is 19.1 Å². The molecule has 1 unspecified atom stereocenters. The summed E-state index contributed by atoms with van der Waals surface area (Å²) < 4.78 is 7.46. The van der Waals surface area contributed by atoms with Gasteiger partial charge in [-0.1, -0.05) is 0 Å². The molecule has 1 aromatic rings. The minimum Gasteiger partial charge on any atom is -0.370 e. The largest absolute Gasteiger partial charge is 0.370 e. The molecule has 0 aliphatic carbocycles. The van der Waals surface area contributed by atoms with Crippen molar-refractivity contribution in [1.29, 1.82) is 0 Å². The highest BCUT2D eigenvalue weighted by Crippen LogP contribution is 2.06. The van der Waals surface area contributed by atoms with E-state index in [4.69, 9.17) is 4.74 Å². The van der Waals surface area contributed by atoms with Crippen molar-refractivity contribution in [2.75, 3.05) is 13.1 Å². The van der Waals surface area contributed by atoms with Crippen LogP contribution in [0.2, 0.25) is 0 Å². The Morgan fingerprint density at radius 1 is 1.77 bits per heavy atom. The van der Waals surface area contributed by atoms with Gasteiger partial charge in [0.25, 0.3) is 0 Å². The molecular formula is C9H15N3O. The normalized spacial score (nSPS) is 22.4. The molecule has 1 saturated heterocycles. The third-order valence-electron chi connectivity index (χ3n) is 2.25. The van der Waals surface area contributed by atoms with Crippen LogP contribution in [0.5, 0.6) is 0 Å². The minimum atomic E-state index is 0.377. The van der Waals surface area contributed by atoms with E-state index >= 15 is 0 Å². The van der Waals surface area contributed by atoms with E-state index in [0.29, 0.717) is 12.7 Å². The lowest BCUT2D eigenvalue weighted by Gasteiger charge is -2.07. The van der Waals surface area contributed by atoms with E-state index in [-0.39, 0.29) is 0 Å². The van der Waals surface area contributed by atoms with E-state index in [1.54, 1.807) is 4.68 Å². The SMILES string of the molecule is Cn1ccc(COC2CCNC2)n1. The lowest BCUT2D eigenvalue weighted by molar-refractivity contribution is 0.0520. The second kappa shape index (κ2) is 3.89. The topological polar surface area (TPSA) is 39.1 Å². The first-order valence-corrected chi connectivity index (χ1v) is 4.65. The molecule has 1 aromatic heterocycles. The molecule has 0 amide bonds. The van der Waals surface area contributed by atoms with Crippen LogP contribution < -0.4 is 5.32 Å². The van der Waals surface area contributed by atoms with Crippen LogP contribution in [0.1, 0.15) is 12.1 Å². The fraction of sp³-hybridized carbons (Fsp3) is 0.667.